The van der Waals surface area contributed by atoms with Crippen molar-refractivity contribution < 1.29 is 14.6 Å². The summed E-state index contributed by atoms with van der Waals surface area (Å²) in [5, 5.41) is 12.6. The molecule has 21 heavy (non-hydrogen) atoms. The van der Waals surface area contributed by atoms with Crippen molar-refractivity contribution in [2.24, 2.45) is 5.41 Å². The van der Waals surface area contributed by atoms with Gasteiger partial charge in [-0.1, -0.05) is 0 Å². The Kier molecular flexibility index (Phi) is 4.64. The summed E-state index contributed by atoms with van der Waals surface area (Å²) >= 11 is 5.56. The summed E-state index contributed by atoms with van der Waals surface area (Å²) in [5.74, 6) is 0.862. The van der Waals surface area contributed by atoms with Crippen molar-refractivity contribution in [2.75, 3.05) is 36.3 Å². The van der Waals surface area contributed by atoms with Crippen LogP contribution < -0.4 is 15.0 Å². The first-order chi connectivity index (χ1) is 9.85. The molecule has 1 unspecified atom stereocenters. The van der Waals surface area contributed by atoms with Crippen LogP contribution in [0.5, 0.6) is 5.75 Å². The zero-order chi connectivity index (χ0) is 15.6. The number of rotatable bonds is 4. The molecule has 0 aliphatic carbocycles. The molecule has 1 heterocycles. The third-order valence-corrected chi connectivity index (χ3v) is 3.87. The fourth-order valence-electron chi connectivity index (χ4n) is 2.19. The molecular formula is C15H21ClN2O3. The largest absolute Gasteiger partial charge is 0.490 e. The Bertz CT molecular complexity index is 534. The molecule has 1 aliphatic heterocycles. The van der Waals surface area contributed by atoms with Gasteiger partial charge in [-0.3, -0.25) is 4.79 Å². The van der Waals surface area contributed by atoms with Gasteiger partial charge in [-0.05, 0) is 26.0 Å². The first-order valence-electron chi connectivity index (χ1n) is 6.88. The quantitative estimate of drug-likeness (QED) is 0.836. The van der Waals surface area contributed by atoms with Crippen LogP contribution in [-0.4, -0.2) is 43.2 Å². The maximum atomic E-state index is 12.4. The molecule has 0 saturated heterocycles. The Labute approximate surface area is 129 Å². The van der Waals surface area contributed by atoms with Gasteiger partial charge >= 0.3 is 0 Å². The standard InChI is InChI=1S/C15H21ClN2O3/c1-15(2)9-21-13-6-10(17-8-11(19)7-16)4-5-12(13)18(3)14(15)20/h4-6,11,17,19H,7-9H2,1-3H3. The number of nitrogens with zero attached hydrogens (tertiary/aromatic N) is 1. The Morgan fingerprint density at radius 3 is 2.90 bits per heavy atom. The number of hydrogen-bond acceptors (Lipinski definition) is 4. The van der Waals surface area contributed by atoms with Crippen LogP contribution in [0.25, 0.3) is 0 Å². The smallest absolute Gasteiger partial charge is 0.235 e. The van der Waals surface area contributed by atoms with Crippen molar-refractivity contribution >= 4 is 28.9 Å². The van der Waals surface area contributed by atoms with Crippen LogP contribution in [0.3, 0.4) is 0 Å². The fraction of sp³-hybridized carbons (Fsp3) is 0.533. The minimum absolute atomic E-state index is 0.0273. The third kappa shape index (κ3) is 3.41. The second-order valence-corrected chi connectivity index (χ2v) is 6.22. The van der Waals surface area contributed by atoms with Gasteiger partial charge in [0.1, 0.15) is 12.4 Å². The number of aliphatic hydroxyl groups is 1. The number of benzene rings is 1. The summed E-state index contributed by atoms with van der Waals surface area (Å²) in [4.78, 5) is 14.0. The van der Waals surface area contributed by atoms with Gasteiger partial charge in [-0.15, -0.1) is 11.6 Å². The van der Waals surface area contributed by atoms with Gasteiger partial charge in [-0.2, -0.15) is 0 Å². The number of fused-ring (bicyclic) bond motifs is 1. The van der Waals surface area contributed by atoms with Crippen molar-refractivity contribution in [2.45, 2.75) is 20.0 Å². The molecule has 1 aromatic carbocycles. The molecule has 0 saturated carbocycles. The van der Waals surface area contributed by atoms with Gasteiger partial charge in [-0.25, -0.2) is 0 Å². The minimum atomic E-state index is -0.602. The maximum absolute atomic E-state index is 12.4. The van der Waals surface area contributed by atoms with Crippen molar-refractivity contribution in [3.63, 3.8) is 0 Å². The normalized spacial score (nSPS) is 18.5. The lowest BCUT2D eigenvalue weighted by Crippen LogP contribution is -2.39. The minimum Gasteiger partial charge on any atom is -0.490 e. The van der Waals surface area contributed by atoms with E-state index in [0.717, 1.165) is 11.4 Å². The molecule has 1 amide bonds. The van der Waals surface area contributed by atoms with Gasteiger partial charge in [0.05, 0.1) is 23.1 Å². The van der Waals surface area contributed by atoms with E-state index in [1.165, 1.54) is 0 Å². The number of carbonyl (C=O) groups excluding carboxylic acids is 1. The highest BCUT2D eigenvalue weighted by atomic mass is 35.5. The molecule has 0 spiro atoms. The van der Waals surface area contributed by atoms with Gasteiger partial charge in [0, 0.05) is 25.3 Å². The fourth-order valence-corrected chi connectivity index (χ4v) is 2.30. The lowest BCUT2D eigenvalue weighted by molar-refractivity contribution is -0.127. The average Bonchev–Trinajstić information content (AvgIpc) is 2.56. The topological polar surface area (TPSA) is 61.8 Å². The van der Waals surface area contributed by atoms with E-state index in [4.69, 9.17) is 16.3 Å². The van der Waals surface area contributed by atoms with E-state index >= 15 is 0 Å². The molecule has 2 rings (SSSR count). The molecule has 2 N–H and O–H groups in total. The van der Waals surface area contributed by atoms with Crippen LogP contribution in [-0.2, 0) is 4.79 Å². The maximum Gasteiger partial charge on any atom is 0.235 e. The van der Waals surface area contributed by atoms with E-state index in [2.05, 4.69) is 5.32 Å². The van der Waals surface area contributed by atoms with E-state index in [0.29, 0.717) is 18.9 Å². The number of anilines is 2. The summed E-state index contributed by atoms with van der Waals surface area (Å²) < 4.78 is 5.79. The first kappa shape index (κ1) is 15.9. The van der Waals surface area contributed by atoms with Gasteiger partial charge in [0.2, 0.25) is 5.91 Å². The Morgan fingerprint density at radius 1 is 1.52 bits per heavy atom. The van der Waals surface area contributed by atoms with E-state index in [9.17, 15) is 9.90 Å². The van der Waals surface area contributed by atoms with Crippen molar-refractivity contribution in [1.82, 2.24) is 0 Å². The van der Waals surface area contributed by atoms with Crippen LogP contribution in [0.15, 0.2) is 18.2 Å². The zero-order valence-electron chi connectivity index (χ0n) is 12.5. The number of amides is 1. The van der Waals surface area contributed by atoms with Crippen LogP contribution in [0, 0.1) is 5.41 Å². The number of carbonyl (C=O) groups is 1. The number of hydrogen-bond donors (Lipinski definition) is 2. The van der Waals surface area contributed by atoms with Gasteiger partial charge in [0.25, 0.3) is 0 Å². The highest BCUT2D eigenvalue weighted by molar-refractivity contribution is 6.18. The lowest BCUT2D eigenvalue weighted by atomic mass is 9.93. The predicted octanol–water partition coefficient (Wildman–Crippen LogP) is 2.08. The summed E-state index contributed by atoms with van der Waals surface area (Å²) in [5.41, 5.74) is 1.00. The first-order valence-corrected chi connectivity index (χ1v) is 7.41. The molecule has 0 radical (unpaired) electrons. The number of alkyl halides is 1. The highest BCUT2D eigenvalue weighted by Gasteiger charge is 2.36. The summed E-state index contributed by atoms with van der Waals surface area (Å²) in [7, 11) is 1.75. The highest BCUT2D eigenvalue weighted by Crippen LogP contribution is 2.37. The summed E-state index contributed by atoms with van der Waals surface area (Å²) in [6, 6.07) is 5.52. The van der Waals surface area contributed by atoms with Crippen molar-refractivity contribution in [3.8, 4) is 5.75 Å². The summed E-state index contributed by atoms with van der Waals surface area (Å²) in [6.07, 6.45) is -0.602. The Morgan fingerprint density at radius 2 is 2.24 bits per heavy atom. The molecule has 6 heteroatoms. The van der Waals surface area contributed by atoms with Crippen LogP contribution in [0.2, 0.25) is 0 Å². The third-order valence-electron chi connectivity index (χ3n) is 3.51. The molecule has 5 nitrogen and oxygen atoms in total. The predicted molar refractivity (Wildman–Crippen MR) is 84.3 cm³/mol. The second-order valence-electron chi connectivity index (χ2n) is 5.91. The van der Waals surface area contributed by atoms with E-state index in [-0.39, 0.29) is 11.8 Å². The molecular weight excluding hydrogens is 292 g/mol. The molecule has 116 valence electrons. The lowest BCUT2D eigenvalue weighted by Gasteiger charge is -2.24. The monoisotopic (exact) mass is 312 g/mol. The molecule has 1 aromatic rings. The second kappa shape index (κ2) is 6.12. The van der Waals surface area contributed by atoms with Gasteiger partial charge < -0.3 is 20.1 Å². The van der Waals surface area contributed by atoms with Crippen LogP contribution in [0.1, 0.15) is 13.8 Å². The van der Waals surface area contributed by atoms with Crippen molar-refractivity contribution in [1.29, 1.82) is 0 Å². The summed E-state index contributed by atoms with van der Waals surface area (Å²) in [6.45, 7) is 4.43. The molecule has 1 aliphatic rings. The van der Waals surface area contributed by atoms with Crippen LogP contribution in [0.4, 0.5) is 11.4 Å². The molecule has 1 atom stereocenters. The van der Waals surface area contributed by atoms with E-state index in [1.54, 1.807) is 11.9 Å². The number of aliphatic hydroxyl groups excluding tert-OH is 1. The van der Waals surface area contributed by atoms with Crippen LogP contribution >= 0.6 is 11.6 Å². The molecule has 0 bridgehead atoms. The SMILES string of the molecule is CN1C(=O)C(C)(C)COc2cc(NCC(O)CCl)ccc21. The van der Waals surface area contributed by atoms with Gasteiger partial charge in [0.15, 0.2) is 0 Å². The van der Waals surface area contributed by atoms with E-state index in [1.807, 2.05) is 32.0 Å². The Hall–Kier alpha value is -1.46. The Balaban J connectivity index is 2.21. The van der Waals surface area contributed by atoms with Crippen molar-refractivity contribution in [3.05, 3.63) is 18.2 Å². The molecule has 0 fully saturated rings. The average molecular weight is 313 g/mol. The number of halogens is 1. The number of ether oxygens (including phenoxy) is 1. The molecule has 0 aromatic heterocycles. The number of nitrogens with one attached hydrogen (secondary N) is 1. The zero-order valence-corrected chi connectivity index (χ0v) is 13.3. The van der Waals surface area contributed by atoms with E-state index < -0.39 is 11.5 Å².